The topological polar surface area (TPSA) is 52.0 Å². The zero-order valence-electron chi connectivity index (χ0n) is 11.4. The number of benzene rings is 2. The van der Waals surface area contributed by atoms with E-state index in [1.165, 1.54) is 12.4 Å². The first kappa shape index (κ1) is 14.2. The van der Waals surface area contributed by atoms with Crippen molar-refractivity contribution in [3.8, 4) is 0 Å². The minimum absolute atomic E-state index is 0.378. The molecule has 0 fully saturated rings. The molecule has 0 bridgehead atoms. The van der Waals surface area contributed by atoms with Gasteiger partial charge in [-0.3, -0.25) is 9.59 Å². The van der Waals surface area contributed by atoms with Crippen molar-refractivity contribution < 1.29 is 4.79 Å². The lowest BCUT2D eigenvalue weighted by Crippen LogP contribution is -2.25. The van der Waals surface area contributed by atoms with Gasteiger partial charge in [-0.15, -0.1) is 0 Å². The van der Waals surface area contributed by atoms with Crippen LogP contribution in [0.2, 0.25) is 5.02 Å². The van der Waals surface area contributed by atoms with Gasteiger partial charge in [0.25, 0.3) is 11.5 Å². The molecule has 1 aromatic heterocycles. The van der Waals surface area contributed by atoms with Gasteiger partial charge in [-0.1, -0.05) is 35.9 Å². The molecule has 3 aromatic rings. The fraction of sp³-hybridized carbons (Fsp3) is 0. The highest BCUT2D eigenvalue weighted by Gasteiger charge is 2.07. The van der Waals surface area contributed by atoms with Crippen LogP contribution in [0, 0.1) is 0 Å². The number of fused-ring (bicyclic) bond motifs is 1. The molecule has 108 valence electrons. The number of nitrogens with zero attached hydrogens (tertiary/aromatic N) is 2. The molecule has 2 aromatic carbocycles. The average molecular weight is 311 g/mol. The molecule has 0 unspecified atom stereocenters. The largest absolute Gasteiger partial charge is 0.269 e. The summed E-state index contributed by atoms with van der Waals surface area (Å²) < 4.78 is 0.995. The molecule has 0 aliphatic rings. The van der Waals surface area contributed by atoms with Gasteiger partial charge in [0, 0.05) is 11.1 Å². The van der Waals surface area contributed by atoms with Crippen molar-refractivity contribution in [2.75, 3.05) is 0 Å². The monoisotopic (exact) mass is 310 g/mol. The molecule has 3 rings (SSSR count). The Labute approximate surface area is 131 Å². The third-order valence-corrected chi connectivity index (χ3v) is 3.44. The van der Waals surface area contributed by atoms with Gasteiger partial charge in [0.05, 0.1) is 10.9 Å². The van der Waals surface area contributed by atoms with Crippen LogP contribution in [-0.2, 0) is 0 Å². The molecule has 1 heterocycles. The Morgan fingerprint density at radius 2 is 1.82 bits per heavy atom. The number of carbonyl (C=O) groups excluding carboxylic acids is 1. The zero-order chi connectivity index (χ0) is 15.5. The van der Waals surface area contributed by atoms with E-state index in [0.717, 1.165) is 10.1 Å². The van der Waals surface area contributed by atoms with Crippen LogP contribution in [-0.4, -0.2) is 15.5 Å². The summed E-state index contributed by atoms with van der Waals surface area (Å²) >= 11 is 5.80. The van der Waals surface area contributed by atoms with E-state index >= 15 is 0 Å². The second kappa shape index (κ2) is 5.95. The molecule has 0 aliphatic carbocycles. The number of aromatic nitrogens is 2. The van der Waals surface area contributed by atoms with Crippen LogP contribution in [0.25, 0.3) is 17.0 Å². The van der Waals surface area contributed by atoms with Gasteiger partial charge in [-0.25, -0.2) is 9.55 Å². The van der Waals surface area contributed by atoms with E-state index in [1.807, 2.05) is 0 Å². The Bertz CT molecular complexity index is 927. The maximum absolute atomic E-state index is 12.3. The predicted molar refractivity (Wildman–Crippen MR) is 87.1 cm³/mol. The summed E-state index contributed by atoms with van der Waals surface area (Å²) in [6, 6.07) is 13.9. The molecular formula is C17H11ClN2O2. The Hall–Kier alpha value is -2.72. The Balaban J connectivity index is 1.94. The smallest absolute Gasteiger partial charge is 0.268 e. The summed E-state index contributed by atoms with van der Waals surface area (Å²) in [6.45, 7) is 0. The molecule has 0 atom stereocenters. The van der Waals surface area contributed by atoms with Crippen LogP contribution in [0.3, 0.4) is 0 Å². The highest BCUT2D eigenvalue weighted by atomic mass is 35.5. The highest BCUT2D eigenvalue weighted by Crippen LogP contribution is 2.10. The fourth-order valence-corrected chi connectivity index (χ4v) is 2.17. The summed E-state index contributed by atoms with van der Waals surface area (Å²) in [7, 11) is 0. The number of halogens is 1. The molecule has 0 aliphatic heterocycles. The van der Waals surface area contributed by atoms with Crippen LogP contribution in [0.1, 0.15) is 10.4 Å². The van der Waals surface area contributed by atoms with Crippen molar-refractivity contribution >= 4 is 34.5 Å². The predicted octanol–water partition coefficient (Wildman–Crippen LogP) is 3.40. The van der Waals surface area contributed by atoms with Crippen LogP contribution >= 0.6 is 11.6 Å². The fourth-order valence-electron chi connectivity index (χ4n) is 2.05. The maximum atomic E-state index is 12.3. The van der Waals surface area contributed by atoms with Crippen LogP contribution in [0.15, 0.2) is 65.7 Å². The van der Waals surface area contributed by atoms with E-state index in [-0.39, 0.29) is 5.56 Å². The SMILES string of the molecule is O=C(/C=C/c1ccc(Cl)cc1)n1cnc2ccccc2c1=O. The number of carbonyl (C=O) groups is 1. The van der Waals surface area contributed by atoms with E-state index in [1.54, 1.807) is 54.6 Å². The molecule has 0 N–H and O–H groups in total. The van der Waals surface area contributed by atoms with E-state index in [0.29, 0.717) is 15.9 Å². The van der Waals surface area contributed by atoms with E-state index < -0.39 is 5.91 Å². The number of rotatable bonds is 2. The van der Waals surface area contributed by atoms with Gasteiger partial charge in [0.1, 0.15) is 6.33 Å². The number of hydrogen-bond donors (Lipinski definition) is 0. The Kier molecular flexibility index (Phi) is 3.85. The molecule has 0 spiro atoms. The molecular weight excluding hydrogens is 300 g/mol. The van der Waals surface area contributed by atoms with Crippen LogP contribution in [0.4, 0.5) is 0 Å². The van der Waals surface area contributed by atoms with Gasteiger partial charge >= 0.3 is 0 Å². The number of hydrogen-bond acceptors (Lipinski definition) is 3. The minimum Gasteiger partial charge on any atom is -0.269 e. The van der Waals surface area contributed by atoms with Gasteiger partial charge in [0.2, 0.25) is 0 Å². The van der Waals surface area contributed by atoms with Gasteiger partial charge in [0.15, 0.2) is 0 Å². The standard InChI is InChI=1S/C17H11ClN2O2/c18-13-8-5-12(6-9-13)7-10-16(21)20-11-19-15-4-2-1-3-14(15)17(20)22/h1-11H/b10-7+. The van der Waals surface area contributed by atoms with Crippen molar-refractivity contribution in [2.45, 2.75) is 0 Å². The first-order valence-electron chi connectivity index (χ1n) is 6.59. The summed E-state index contributed by atoms with van der Waals surface area (Å²) in [6.07, 6.45) is 4.21. The molecule has 0 saturated heterocycles. The maximum Gasteiger partial charge on any atom is 0.268 e. The summed E-state index contributed by atoms with van der Waals surface area (Å²) in [5, 5.41) is 1.04. The zero-order valence-corrected chi connectivity index (χ0v) is 12.2. The average Bonchev–Trinajstić information content (AvgIpc) is 2.55. The van der Waals surface area contributed by atoms with Crippen molar-refractivity contribution in [3.63, 3.8) is 0 Å². The van der Waals surface area contributed by atoms with E-state index in [2.05, 4.69) is 4.98 Å². The number of allylic oxidation sites excluding steroid dienone is 1. The first-order valence-corrected chi connectivity index (χ1v) is 6.97. The Morgan fingerprint density at radius 1 is 1.09 bits per heavy atom. The summed E-state index contributed by atoms with van der Waals surface area (Å²) in [4.78, 5) is 28.6. The second-order valence-corrected chi connectivity index (χ2v) is 5.10. The quantitative estimate of drug-likeness (QED) is 0.682. The molecule has 0 amide bonds. The Morgan fingerprint density at radius 3 is 2.59 bits per heavy atom. The third kappa shape index (κ3) is 2.82. The van der Waals surface area contributed by atoms with Gasteiger partial charge in [-0.05, 0) is 35.9 Å². The molecule has 0 saturated carbocycles. The number of para-hydroxylation sites is 1. The van der Waals surface area contributed by atoms with Gasteiger partial charge < -0.3 is 0 Å². The lowest BCUT2D eigenvalue weighted by atomic mass is 10.2. The second-order valence-electron chi connectivity index (χ2n) is 4.66. The lowest BCUT2D eigenvalue weighted by Gasteiger charge is -2.02. The third-order valence-electron chi connectivity index (χ3n) is 3.19. The first-order chi connectivity index (χ1) is 10.6. The van der Waals surface area contributed by atoms with Crippen LogP contribution in [0.5, 0.6) is 0 Å². The lowest BCUT2D eigenvalue weighted by molar-refractivity contribution is 0.0965. The molecule has 5 heteroatoms. The van der Waals surface area contributed by atoms with E-state index in [9.17, 15) is 9.59 Å². The molecule has 22 heavy (non-hydrogen) atoms. The summed E-state index contributed by atoms with van der Waals surface area (Å²) in [5.74, 6) is -0.446. The summed E-state index contributed by atoms with van der Waals surface area (Å²) in [5.41, 5.74) is 1.01. The minimum atomic E-state index is -0.446. The van der Waals surface area contributed by atoms with Crippen molar-refractivity contribution in [2.24, 2.45) is 0 Å². The van der Waals surface area contributed by atoms with E-state index in [4.69, 9.17) is 11.6 Å². The van der Waals surface area contributed by atoms with Gasteiger partial charge in [-0.2, -0.15) is 0 Å². The molecule has 0 radical (unpaired) electrons. The van der Waals surface area contributed by atoms with Crippen molar-refractivity contribution in [1.82, 2.24) is 9.55 Å². The van der Waals surface area contributed by atoms with Crippen molar-refractivity contribution in [3.05, 3.63) is 81.9 Å². The van der Waals surface area contributed by atoms with Crippen molar-refractivity contribution in [1.29, 1.82) is 0 Å². The van der Waals surface area contributed by atoms with Crippen LogP contribution < -0.4 is 5.56 Å². The normalized spacial score (nSPS) is 11.1. The highest BCUT2D eigenvalue weighted by molar-refractivity contribution is 6.30. The molecule has 4 nitrogen and oxygen atoms in total.